The summed E-state index contributed by atoms with van der Waals surface area (Å²) in [6, 6.07) is -0.784. The van der Waals surface area contributed by atoms with Crippen molar-refractivity contribution in [1.82, 2.24) is 5.32 Å². The second-order valence-electron chi connectivity index (χ2n) is 5.95. The van der Waals surface area contributed by atoms with Gasteiger partial charge in [0.2, 0.25) is 5.91 Å². The van der Waals surface area contributed by atoms with E-state index in [0.29, 0.717) is 24.5 Å². The summed E-state index contributed by atoms with van der Waals surface area (Å²) in [6.07, 6.45) is 2.50. The number of carbonyl (C=O) groups excluding carboxylic acids is 3. The molecule has 0 fully saturated rings. The summed E-state index contributed by atoms with van der Waals surface area (Å²) >= 11 is 1.36. The van der Waals surface area contributed by atoms with Gasteiger partial charge in [0.25, 0.3) is 0 Å². The molecule has 0 spiro atoms. The molecule has 0 aromatic heterocycles. The summed E-state index contributed by atoms with van der Waals surface area (Å²) < 4.78 is 15.3. The molecule has 0 heterocycles. The highest BCUT2D eigenvalue weighted by atomic mass is 32.2. The lowest BCUT2D eigenvalue weighted by Gasteiger charge is -2.20. The van der Waals surface area contributed by atoms with Gasteiger partial charge in [-0.25, -0.2) is 0 Å². The van der Waals surface area contributed by atoms with E-state index in [2.05, 4.69) is 11.9 Å². The number of thioether (sulfide) groups is 1. The van der Waals surface area contributed by atoms with Crippen LogP contribution in [-0.4, -0.2) is 67.9 Å². The molecule has 0 bridgehead atoms. The van der Waals surface area contributed by atoms with Crippen molar-refractivity contribution in [2.75, 3.05) is 31.8 Å². The molecular weight excluding hydrogens is 372 g/mol. The van der Waals surface area contributed by atoms with Crippen LogP contribution >= 0.6 is 11.8 Å². The van der Waals surface area contributed by atoms with Gasteiger partial charge in [-0.1, -0.05) is 13.0 Å². The Morgan fingerprint density at radius 2 is 1.96 bits per heavy atom. The molecule has 27 heavy (non-hydrogen) atoms. The van der Waals surface area contributed by atoms with E-state index in [9.17, 15) is 14.4 Å². The highest BCUT2D eigenvalue weighted by Crippen LogP contribution is 2.10. The SMILES string of the molecule is C=CCCC(=O)OC(COC(C)=O)CSCC(N)C(=O)NC(CC)COC. The number of amides is 1. The van der Waals surface area contributed by atoms with Crippen molar-refractivity contribution >= 4 is 29.6 Å². The molecule has 8 nitrogen and oxygen atoms in total. The van der Waals surface area contributed by atoms with Gasteiger partial charge in [0.15, 0.2) is 0 Å². The monoisotopic (exact) mass is 404 g/mol. The minimum Gasteiger partial charge on any atom is -0.462 e. The summed E-state index contributed by atoms with van der Waals surface area (Å²) in [5.74, 6) is -0.391. The Hall–Kier alpha value is -1.58. The van der Waals surface area contributed by atoms with E-state index in [1.54, 1.807) is 13.2 Å². The number of rotatable bonds is 15. The second kappa shape index (κ2) is 15.5. The zero-order chi connectivity index (χ0) is 20.7. The molecular formula is C18H32N2O6S. The van der Waals surface area contributed by atoms with Gasteiger partial charge in [-0.2, -0.15) is 11.8 Å². The van der Waals surface area contributed by atoms with Crippen LogP contribution in [-0.2, 0) is 28.6 Å². The lowest BCUT2D eigenvalue weighted by Crippen LogP contribution is -2.48. The topological polar surface area (TPSA) is 117 Å². The maximum Gasteiger partial charge on any atom is 0.306 e. The van der Waals surface area contributed by atoms with Crippen molar-refractivity contribution in [3.63, 3.8) is 0 Å². The van der Waals surface area contributed by atoms with Gasteiger partial charge in [0.05, 0.1) is 18.7 Å². The summed E-state index contributed by atoms with van der Waals surface area (Å²) in [7, 11) is 1.57. The van der Waals surface area contributed by atoms with Crippen LogP contribution in [0.5, 0.6) is 0 Å². The smallest absolute Gasteiger partial charge is 0.306 e. The molecule has 3 unspecified atom stereocenters. The number of nitrogens with two attached hydrogens (primary N) is 1. The van der Waals surface area contributed by atoms with Crippen LogP contribution in [0, 0.1) is 0 Å². The zero-order valence-electron chi connectivity index (χ0n) is 16.4. The van der Waals surface area contributed by atoms with E-state index in [1.165, 1.54) is 18.7 Å². The molecule has 0 rings (SSSR count). The van der Waals surface area contributed by atoms with Crippen LogP contribution < -0.4 is 11.1 Å². The molecule has 0 aliphatic carbocycles. The van der Waals surface area contributed by atoms with E-state index < -0.39 is 18.1 Å². The molecule has 3 N–H and O–H groups in total. The Bertz CT molecular complexity index is 475. The fraction of sp³-hybridized carbons (Fsp3) is 0.722. The van der Waals surface area contributed by atoms with Crippen LogP contribution in [0.2, 0.25) is 0 Å². The highest BCUT2D eigenvalue weighted by molar-refractivity contribution is 7.99. The third-order valence-corrected chi connectivity index (χ3v) is 4.67. The summed E-state index contributed by atoms with van der Waals surface area (Å²) in [5.41, 5.74) is 5.91. The molecule has 0 saturated heterocycles. The summed E-state index contributed by atoms with van der Waals surface area (Å²) in [4.78, 5) is 34.9. The first-order valence-electron chi connectivity index (χ1n) is 8.90. The fourth-order valence-corrected chi connectivity index (χ4v) is 2.93. The van der Waals surface area contributed by atoms with Gasteiger partial charge in [0.1, 0.15) is 12.7 Å². The van der Waals surface area contributed by atoms with E-state index >= 15 is 0 Å². The second-order valence-corrected chi connectivity index (χ2v) is 7.03. The fourth-order valence-electron chi connectivity index (χ4n) is 1.96. The molecule has 0 aliphatic rings. The number of hydrogen-bond acceptors (Lipinski definition) is 8. The highest BCUT2D eigenvalue weighted by Gasteiger charge is 2.20. The molecule has 1 amide bonds. The van der Waals surface area contributed by atoms with Crippen LogP contribution in [0.1, 0.15) is 33.1 Å². The van der Waals surface area contributed by atoms with Gasteiger partial charge < -0.3 is 25.3 Å². The summed E-state index contributed by atoms with van der Waals surface area (Å²) in [6.45, 7) is 7.18. The lowest BCUT2D eigenvalue weighted by atomic mass is 10.2. The number of ether oxygens (including phenoxy) is 3. The number of esters is 2. The molecule has 0 radical (unpaired) electrons. The Morgan fingerprint density at radius 1 is 1.26 bits per heavy atom. The number of nitrogens with one attached hydrogen (secondary N) is 1. The Morgan fingerprint density at radius 3 is 2.52 bits per heavy atom. The van der Waals surface area contributed by atoms with Gasteiger partial charge >= 0.3 is 11.9 Å². The van der Waals surface area contributed by atoms with Crippen molar-refractivity contribution in [2.45, 2.75) is 51.3 Å². The Kier molecular flexibility index (Phi) is 14.6. The third-order valence-electron chi connectivity index (χ3n) is 3.47. The first-order chi connectivity index (χ1) is 12.8. The first kappa shape index (κ1) is 25.4. The van der Waals surface area contributed by atoms with Crippen molar-refractivity contribution in [3.8, 4) is 0 Å². The quantitative estimate of drug-likeness (QED) is 0.307. The lowest BCUT2D eigenvalue weighted by molar-refractivity contribution is -0.156. The molecule has 156 valence electrons. The van der Waals surface area contributed by atoms with Gasteiger partial charge in [-0.05, 0) is 12.8 Å². The third kappa shape index (κ3) is 13.3. The Labute approximate surface area is 165 Å². The van der Waals surface area contributed by atoms with Crippen LogP contribution in [0.4, 0.5) is 0 Å². The van der Waals surface area contributed by atoms with Crippen LogP contribution in [0.15, 0.2) is 12.7 Å². The average Bonchev–Trinajstić information content (AvgIpc) is 2.63. The maximum absolute atomic E-state index is 12.1. The van der Waals surface area contributed by atoms with Crippen molar-refractivity contribution in [3.05, 3.63) is 12.7 Å². The zero-order valence-corrected chi connectivity index (χ0v) is 17.2. The normalized spacial score (nSPS) is 13.9. The summed E-state index contributed by atoms with van der Waals surface area (Å²) in [5, 5.41) is 2.83. The number of carbonyl (C=O) groups is 3. The number of allylic oxidation sites excluding steroid dienone is 1. The molecule has 0 aliphatic heterocycles. The van der Waals surface area contributed by atoms with Gasteiger partial charge in [-0.3, -0.25) is 14.4 Å². The van der Waals surface area contributed by atoms with Crippen molar-refractivity contribution in [2.24, 2.45) is 5.73 Å². The predicted molar refractivity (Wildman–Crippen MR) is 105 cm³/mol. The van der Waals surface area contributed by atoms with Crippen molar-refractivity contribution in [1.29, 1.82) is 0 Å². The molecule has 3 atom stereocenters. The van der Waals surface area contributed by atoms with Gasteiger partial charge in [-0.15, -0.1) is 6.58 Å². The molecule has 9 heteroatoms. The maximum atomic E-state index is 12.1. The van der Waals surface area contributed by atoms with E-state index in [-0.39, 0.29) is 30.9 Å². The standard InChI is InChI=1S/C18H32N2O6S/c1-5-7-8-17(22)26-15(10-25-13(3)21)11-27-12-16(19)18(23)20-14(6-2)9-24-4/h5,14-16H,1,6-12,19H2,2-4H3,(H,20,23). The van der Waals surface area contributed by atoms with E-state index in [4.69, 9.17) is 19.9 Å². The molecule has 0 saturated carbocycles. The average molecular weight is 405 g/mol. The Balaban J connectivity index is 4.41. The first-order valence-corrected chi connectivity index (χ1v) is 10.1. The van der Waals surface area contributed by atoms with Crippen LogP contribution in [0.25, 0.3) is 0 Å². The van der Waals surface area contributed by atoms with E-state index in [1.807, 2.05) is 6.92 Å². The molecule has 0 aromatic carbocycles. The van der Waals surface area contributed by atoms with Gasteiger partial charge in [0, 0.05) is 32.0 Å². The van der Waals surface area contributed by atoms with Crippen LogP contribution in [0.3, 0.4) is 0 Å². The largest absolute Gasteiger partial charge is 0.462 e. The molecule has 0 aromatic rings. The number of hydrogen-bond donors (Lipinski definition) is 2. The minimum atomic E-state index is -0.702. The number of methoxy groups -OCH3 is 1. The van der Waals surface area contributed by atoms with Crippen molar-refractivity contribution < 1.29 is 28.6 Å². The predicted octanol–water partition coefficient (Wildman–Crippen LogP) is 1.03. The van der Waals surface area contributed by atoms with E-state index in [0.717, 1.165) is 6.42 Å². The minimum absolute atomic E-state index is 0.0324.